The number of aliphatic hydroxyl groups excluding tert-OH is 1. The van der Waals surface area contributed by atoms with Crippen LogP contribution in [0.2, 0.25) is 0 Å². The van der Waals surface area contributed by atoms with Crippen LogP contribution in [0.3, 0.4) is 0 Å². The molecule has 1 aromatic carbocycles. The van der Waals surface area contributed by atoms with Crippen LogP contribution in [0.4, 0.5) is 0 Å². The van der Waals surface area contributed by atoms with E-state index in [-0.39, 0.29) is 6.61 Å². The van der Waals surface area contributed by atoms with Gasteiger partial charge >= 0.3 is 0 Å². The zero-order chi connectivity index (χ0) is 17.3. The highest BCUT2D eigenvalue weighted by Gasteiger charge is 2.16. The van der Waals surface area contributed by atoms with Crippen molar-refractivity contribution in [1.82, 2.24) is 10.3 Å². The molecular weight excluding hydrogens is 316 g/mol. The molecule has 0 amide bonds. The number of ether oxygens (including phenoxy) is 2. The molecule has 5 heteroatoms. The van der Waals surface area contributed by atoms with Gasteiger partial charge in [0.15, 0.2) is 0 Å². The number of pyridine rings is 1. The molecule has 3 rings (SSSR count). The Balaban J connectivity index is 1.57. The van der Waals surface area contributed by atoms with Gasteiger partial charge in [-0.05, 0) is 43.0 Å². The van der Waals surface area contributed by atoms with E-state index in [1.807, 2.05) is 6.20 Å². The molecule has 134 valence electrons. The Morgan fingerprint density at radius 2 is 2.08 bits per heavy atom. The second-order valence-corrected chi connectivity index (χ2v) is 6.30. The first-order valence-electron chi connectivity index (χ1n) is 8.94. The van der Waals surface area contributed by atoms with Crippen LogP contribution in [-0.2, 0) is 11.2 Å². The highest BCUT2D eigenvalue weighted by molar-refractivity contribution is 5.64. The molecule has 0 saturated carbocycles. The number of rotatable bonds is 10. The van der Waals surface area contributed by atoms with Crippen molar-refractivity contribution in [2.45, 2.75) is 25.3 Å². The standard InChI is InChI=1S/C20H26N2O3/c23-8-10-24-9-2-4-16-3-1-5-17(11-16)18-12-20(14-21-13-18)25-15-19-6-7-22-19/h1,3,5,11-14,19,22-23H,2,4,6-10,15H2/t19-/m0/s1. The van der Waals surface area contributed by atoms with Crippen molar-refractivity contribution in [3.8, 4) is 16.9 Å². The lowest BCUT2D eigenvalue weighted by molar-refractivity contribution is 0.0909. The molecule has 0 radical (unpaired) electrons. The third-order valence-corrected chi connectivity index (χ3v) is 4.34. The normalized spacial score (nSPS) is 16.4. The van der Waals surface area contributed by atoms with E-state index in [9.17, 15) is 0 Å². The van der Waals surface area contributed by atoms with Gasteiger partial charge in [-0.2, -0.15) is 0 Å². The van der Waals surface area contributed by atoms with E-state index in [1.165, 1.54) is 12.0 Å². The van der Waals surface area contributed by atoms with Crippen LogP contribution in [0.15, 0.2) is 42.7 Å². The Bertz CT molecular complexity index is 659. The number of aliphatic hydroxyl groups is 1. The van der Waals surface area contributed by atoms with Crippen LogP contribution >= 0.6 is 0 Å². The molecule has 2 heterocycles. The molecule has 1 aliphatic rings. The summed E-state index contributed by atoms with van der Waals surface area (Å²) in [7, 11) is 0. The van der Waals surface area contributed by atoms with Gasteiger partial charge in [-0.15, -0.1) is 0 Å². The van der Waals surface area contributed by atoms with Gasteiger partial charge < -0.3 is 19.9 Å². The molecule has 25 heavy (non-hydrogen) atoms. The molecule has 0 aliphatic carbocycles. The van der Waals surface area contributed by atoms with Crippen molar-refractivity contribution in [3.05, 3.63) is 48.3 Å². The van der Waals surface area contributed by atoms with Crippen molar-refractivity contribution in [1.29, 1.82) is 0 Å². The van der Waals surface area contributed by atoms with E-state index in [4.69, 9.17) is 14.6 Å². The fourth-order valence-corrected chi connectivity index (χ4v) is 2.79. The molecule has 1 atom stereocenters. The predicted molar refractivity (Wildman–Crippen MR) is 97.8 cm³/mol. The lowest BCUT2D eigenvalue weighted by Crippen LogP contribution is -2.46. The maximum atomic E-state index is 8.71. The first kappa shape index (κ1) is 17.9. The Morgan fingerprint density at radius 1 is 1.16 bits per heavy atom. The minimum atomic E-state index is 0.0811. The van der Waals surface area contributed by atoms with Gasteiger partial charge in [-0.1, -0.05) is 24.3 Å². The second kappa shape index (κ2) is 9.51. The zero-order valence-corrected chi connectivity index (χ0v) is 14.5. The smallest absolute Gasteiger partial charge is 0.138 e. The molecular formula is C20H26N2O3. The second-order valence-electron chi connectivity index (χ2n) is 6.30. The summed E-state index contributed by atoms with van der Waals surface area (Å²) in [4.78, 5) is 4.32. The third kappa shape index (κ3) is 5.53. The van der Waals surface area contributed by atoms with Crippen molar-refractivity contribution >= 4 is 0 Å². The molecule has 0 bridgehead atoms. The molecule has 1 aliphatic heterocycles. The number of hydrogen-bond donors (Lipinski definition) is 2. The van der Waals surface area contributed by atoms with Gasteiger partial charge in [-0.25, -0.2) is 0 Å². The van der Waals surface area contributed by atoms with Gasteiger partial charge in [0.25, 0.3) is 0 Å². The Labute approximate surface area is 149 Å². The summed E-state index contributed by atoms with van der Waals surface area (Å²) in [6.45, 7) is 2.95. The zero-order valence-electron chi connectivity index (χ0n) is 14.5. The summed E-state index contributed by atoms with van der Waals surface area (Å²) < 4.78 is 11.2. The van der Waals surface area contributed by atoms with E-state index in [1.54, 1.807) is 6.20 Å². The highest BCUT2D eigenvalue weighted by Crippen LogP contribution is 2.24. The summed E-state index contributed by atoms with van der Waals surface area (Å²) in [5, 5.41) is 12.0. The van der Waals surface area contributed by atoms with Crippen LogP contribution < -0.4 is 10.1 Å². The number of nitrogens with zero attached hydrogens (tertiary/aromatic N) is 1. The molecule has 2 N–H and O–H groups in total. The number of nitrogens with one attached hydrogen (secondary N) is 1. The Kier molecular flexibility index (Phi) is 6.79. The maximum absolute atomic E-state index is 8.71. The molecule has 0 unspecified atom stereocenters. The van der Waals surface area contributed by atoms with Crippen molar-refractivity contribution in [2.75, 3.05) is 33.0 Å². The lowest BCUT2D eigenvalue weighted by Gasteiger charge is -2.27. The van der Waals surface area contributed by atoms with Gasteiger partial charge in [0.05, 0.1) is 19.4 Å². The predicted octanol–water partition coefficient (Wildman–Crippen LogP) is 2.43. The van der Waals surface area contributed by atoms with E-state index in [2.05, 4.69) is 40.6 Å². The van der Waals surface area contributed by atoms with Crippen LogP contribution in [0.25, 0.3) is 11.1 Å². The summed E-state index contributed by atoms with van der Waals surface area (Å²) in [5.74, 6) is 0.814. The molecule has 5 nitrogen and oxygen atoms in total. The minimum absolute atomic E-state index is 0.0811. The summed E-state index contributed by atoms with van der Waals surface area (Å²) >= 11 is 0. The van der Waals surface area contributed by atoms with Gasteiger partial charge in [0.2, 0.25) is 0 Å². The monoisotopic (exact) mass is 342 g/mol. The summed E-state index contributed by atoms with van der Waals surface area (Å²) in [6, 6.07) is 11.0. The van der Waals surface area contributed by atoms with Gasteiger partial charge in [0, 0.05) is 24.4 Å². The van der Waals surface area contributed by atoms with Gasteiger partial charge in [-0.3, -0.25) is 4.98 Å². The van der Waals surface area contributed by atoms with Crippen molar-refractivity contribution in [3.63, 3.8) is 0 Å². The van der Waals surface area contributed by atoms with Crippen LogP contribution in [0, 0.1) is 0 Å². The fourth-order valence-electron chi connectivity index (χ4n) is 2.79. The van der Waals surface area contributed by atoms with E-state index < -0.39 is 0 Å². The molecule has 1 fully saturated rings. The maximum Gasteiger partial charge on any atom is 0.138 e. The van der Waals surface area contributed by atoms with E-state index in [0.29, 0.717) is 25.9 Å². The van der Waals surface area contributed by atoms with E-state index in [0.717, 1.165) is 36.3 Å². The third-order valence-electron chi connectivity index (χ3n) is 4.34. The number of hydrogen-bond acceptors (Lipinski definition) is 5. The van der Waals surface area contributed by atoms with Crippen molar-refractivity contribution < 1.29 is 14.6 Å². The van der Waals surface area contributed by atoms with Crippen LogP contribution in [0.5, 0.6) is 5.75 Å². The lowest BCUT2D eigenvalue weighted by atomic mass is 10.0. The number of aryl methyl sites for hydroxylation is 1. The largest absolute Gasteiger partial charge is 0.490 e. The fraction of sp³-hybridized carbons (Fsp3) is 0.450. The number of benzene rings is 1. The molecule has 1 aromatic heterocycles. The summed E-state index contributed by atoms with van der Waals surface area (Å²) in [5.41, 5.74) is 3.49. The Morgan fingerprint density at radius 3 is 2.88 bits per heavy atom. The van der Waals surface area contributed by atoms with E-state index >= 15 is 0 Å². The highest BCUT2D eigenvalue weighted by atomic mass is 16.5. The summed E-state index contributed by atoms with van der Waals surface area (Å²) in [6.07, 6.45) is 6.72. The molecule has 1 saturated heterocycles. The minimum Gasteiger partial charge on any atom is -0.490 e. The first-order chi connectivity index (χ1) is 12.3. The quantitative estimate of drug-likeness (QED) is 0.649. The SMILES string of the molecule is OCCOCCCc1cccc(-c2cncc(OC[C@@H]3CCN3)c2)c1. The average Bonchev–Trinajstić information content (AvgIpc) is 2.61. The molecule has 2 aromatic rings. The number of aromatic nitrogens is 1. The van der Waals surface area contributed by atoms with Gasteiger partial charge in [0.1, 0.15) is 12.4 Å². The topological polar surface area (TPSA) is 63.6 Å². The van der Waals surface area contributed by atoms with Crippen LogP contribution in [-0.4, -0.2) is 49.1 Å². The van der Waals surface area contributed by atoms with Crippen LogP contribution in [0.1, 0.15) is 18.4 Å². The average molecular weight is 342 g/mol. The first-order valence-corrected chi connectivity index (χ1v) is 8.94. The van der Waals surface area contributed by atoms with Crippen molar-refractivity contribution in [2.24, 2.45) is 0 Å². The Hall–Kier alpha value is -1.95. The molecule has 0 spiro atoms.